The van der Waals surface area contributed by atoms with E-state index >= 15 is 0 Å². The molecule has 0 spiro atoms. The number of likely N-dealkylation sites (tertiary alicyclic amines) is 1. The number of hydrogen-bond donors (Lipinski definition) is 2. The molecule has 3 N–H and O–H groups in total. The Morgan fingerprint density at radius 3 is 2.19 bits per heavy atom. The molecule has 0 bridgehead atoms. The van der Waals surface area contributed by atoms with Crippen molar-refractivity contribution in [3.63, 3.8) is 0 Å². The number of aryl methyl sites for hydroxylation is 2. The van der Waals surface area contributed by atoms with Gasteiger partial charge in [0.2, 0.25) is 0 Å². The number of halogens is 2. The second kappa shape index (κ2) is 14.9. The fourth-order valence-electron chi connectivity index (χ4n) is 2.95. The fourth-order valence-corrected chi connectivity index (χ4v) is 3.45. The van der Waals surface area contributed by atoms with E-state index in [9.17, 15) is 4.79 Å². The van der Waals surface area contributed by atoms with Gasteiger partial charge in [-0.1, -0.05) is 44.0 Å². The molecule has 1 amide bonds. The molecule has 0 aliphatic carbocycles. The second-order valence-electron chi connectivity index (χ2n) is 7.07. The number of benzene rings is 1. The van der Waals surface area contributed by atoms with Crippen molar-refractivity contribution >= 4 is 35.1 Å². The SMILES string of the molecule is CCCO.CCc1nc(-c2ccc(Cl)cc2Cl)c(CC)nc1N.COC(=O)N1CCCC1. The van der Waals surface area contributed by atoms with Gasteiger partial charge in [0.1, 0.15) is 5.82 Å². The summed E-state index contributed by atoms with van der Waals surface area (Å²) in [5, 5.41) is 9.05. The molecule has 178 valence electrons. The number of amides is 1. The maximum Gasteiger partial charge on any atom is 0.409 e. The van der Waals surface area contributed by atoms with E-state index in [-0.39, 0.29) is 6.09 Å². The van der Waals surface area contributed by atoms with Crippen molar-refractivity contribution in [3.05, 3.63) is 39.6 Å². The van der Waals surface area contributed by atoms with E-state index in [1.165, 1.54) is 7.11 Å². The number of aliphatic hydroxyl groups excluding tert-OH is 1. The number of carbonyl (C=O) groups excluding carboxylic acids is 1. The minimum Gasteiger partial charge on any atom is -0.453 e. The number of hydrogen-bond acceptors (Lipinski definition) is 6. The van der Waals surface area contributed by atoms with Gasteiger partial charge >= 0.3 is 6.09 Å². The first-order chi connectivity index (χ1) is 15.3. The molecule has 32 heavy (non-hydrogen) atoms. The van der Waals surface area contributed by atoms with Gasteiger partial charge < -0.3 is 20.5 Å². The molecule has 7 nitrogen and oxygen atoms in total. The van der Waals surface area contributed by atoms with Gasteiger partial charge in [-0.3, -0.25) is 0 Å². The van der Waals surface area contributed by atoms with Crippen LogP contribution in [0, 0.1) is 0 Å². The molecule has 1 aromatic heterocycles. The molecular formula is C23H34Cl2N4O3. The van der Waals surface area contributed by atoms with Gasteiger partial charge in [-0.15, -0.1) is 0 Å². The van der Waals surface area contributed by atoms with E-state index in [2.05, 4.69) is 14.7 Å². The number of anilines is 1. The van der Waals surface area contributed by atoms with Crippen molar-refractivity contribution in [1.82, 2.24) is 14.9 Å². The zero-order chi connectivity index (χ0) is 24.1. The van der Waals surface area contributed by atoms with Crippen LogP contribution in [0.15, 0.2) is 18.2 Å². The molecule has 1 saturated heterocycles. The van der Waals surface area contributed by atoms with Crippen LogP contribution in [-0.4, -0.2) is 52.9 Å². The van der Waals surface area contributed by atoms with Gasteiger partial charge in [-0.05, 0) is 50.3 Å². The van der Waals surface area contributed by atoms with Gasteiger partial charge in [0.15, 0.2) is 0 Å². The van der Waals surface area contributed by atoms with Gasteiger partial charge in [0.05, 0.1) is 29.2 Å². The first kappa shape index (κ1) is 27.9. The highest BCUT2D eigenvalue weighted by Gasteiger charge is 2.17. The molecule has 1 fully saturated rings. The highest BCUT2D eigenvalue weighted by molar-refractivity contribution is 6.36. The van der Waals surface area contributed by atoms with Crippen LogP contribution in [0.25, 0.3) is 11.3 Å². The normalized spacial score (nSPS) is 12.4. The van der Waals surface area contributed by atoms with Crippen LogP contribution < -0.4 is 5.73 Å². The Balaban J connectivity index is 0.000000326. The number of rotatable bonds is 4. The number of aromatic nitrogens is 2. The van der Waals surface area contributed by atoms with E-state index in [1.807, 2.05) is 26.8 Å². The Kier molecular flexibility index (Phi) is 13.0. The monoisotopic (exact) mass is 484 g/mol. The Labute approximate surface area is 200 Å². The summed E-state index contributed by atoms with van der Waals surface area (Å²) in [4.78, 5) is 21.5. The molecule has 9 heteroatoms. The Morgan fingerprint density at radius 1 is 1.12 bits per heavy atom. The number of nitrogens with two attached hydrogens (primary N) is 1. The van der Waals surface area contributed by atoms with Crippen molar-refractivity contribution in [3.8, 4) is 11.3 Å². The van der Waals surface area contributed by atoms with Crippen LogP contribution in [0.2, 0.25) is 10.0 Å². The number of ether oxygens (including phenoxy) is 1. The van der Waals surface area contributed by atoms with E-state index in [4.69, 9.17) is 34.0 Å². The Hall–Kier alpha value is -2.09. The number of carbonyl (C=O) groups is 1. The molecule has 0 saturated carbocycles. The van der Waals surface area contributed by atoms with E-state index in [0.717, 1.165) is 67.8 Å². The molecule has 1 aromatic carbocycles. The van der Waals surface area contributed by atoms with Crippen molar-refractivity contribution in [2.24, 2.45) is 0 Å². The van der Waals surface area contributed by atoms with Gasteiger partial charge in [-0.2, -0.15) is 0 Å². The van der Waals surface area contributed by atoms with Gasteiger partial charge in [0, 0.05) is 30.3 Å². The van der Waals surface area contributed by atoms with Crippen LogP contribution >= 0.6 is 23.2 Å². The molecule has 2 heterocycles. The third-order valence-electron chi connectivity index (χ3n) is 4.69. The minimum absolute atomic E-state index is 0.187. The first-order valence-electron chi connectivity index (χ1n) is 10.9. The third kappa shape index (κ3) is 8.45. The summed E-state index contributed by atoms with van der Waals surface area (Å²) in [5.41, 5.74) is 9.15. The lowest BCUT2D eigenvalue weighted by Crippen LogP contribution is -2.27. The Bertz CT molecular complexity index is 857. The maximum absolute atomic E-state index is 10.7. The topological polar surface area (TPSA) is 102 Å². The fraction of sp³-hybridized carbons (Fsp3) is 0.522. The lowest BCUT2D eigenvalue weighted by molar-refractivity contribution is 0.133. The van der Waals surface area contributed by atoms with Crippen LogP contribution in [0.3, 0.4) is 0 Å². The van der Waals surface area contributed by atoms with Crippen LogP contribution in [0.1, 0.15) is 51.4 Å². The first-order valence-corrected chi connectivity index (χ1v) is 11.6. The van der Waals surface area contributed by atoms with Crippen LogP contribution in [0.4, 0.5) is 10.6 Å². The quantitative estimate of drug-likeness (QED) is 0.602. The average Bonchev–Trinajstić information content (AvgIpc) is 3.34. The zero-order valence-corrected chi connectivity index (χ0v) is 20.8. The van der Waals surface area contributed by atoms with Crippen molar-refractivity contribution in [2.75, 3.05) is 32.5 Å². The summed E-state index contributed by atoms with van der Waals surface area (Å²) < 4.78 is 4.52. The lowest BCUT2D eigenvalue weighted by Gasteiger charge is -2.12. The predicted octanol–water partition coefficient (Wildman–Crippen LogP) is 5.39. The standard InChI is InChI=1S/C14H15Cl2N3.C6H11NO2.C3H8O/c1-3-11-13(18-12(4-2)14(17)19-11)9-6-5-8(15)7-10(9)16;1-9-6(8)7-4-2-3-5-7;1-2-3-4/h5-7H,3-4H2,1-2H3,(H2,17,19);2-5H2,1H3;4H,2-3H2,1H3. The van der Waals surface area contributed by atoms with Crippen LogP contribution in [0.5, 0.6) is 0 Å². The molecule has 2 aromatic rings. The molecule has 3 rings (SSSR count). The lowest BCUT2D eigenvalue weighted by atomic mass is 10.1. The highest BCUT2D eigenvalue weighted by Crippen LogP contribution is 2.31. The molecule has 1 aliphatic heterocycles. The van der Waals surface area contributed by atoms with E-state index in [1.54, 1.807) is 17.0 Å². The van der Waals surface area contributed by atoms with Crippen molar-refractivity contribution in [2.45, 2.75) is 52.9 Å². The summed E-state index contributed by atoms with van der Waals surface area (Å²) >= 11 is 12.2. The Morgan fingerprint density at radius 2 is 1.72 bits per heavy atom. The highest BCUT2D eigenvalue weighted by atomic mass is 35.5. The molecule has 1 aliphatic rings. The molecule has 0 atom stereocenters. The van der Waals surface area contributed by atoms with Crippen LogP contribution in [-0.2, 0) is 17.6 Å². The second-order valence-corrected chi connectivity index (χ2v) is 7.91. The minimum atomic E-state index is -0.187. The number of nitrogens with zero attached hydrogens (tertiary/aromatic N) is 3. The molecule has 0 unspecified atom stereocenters. The number of aliphatic hydroxyl groups is 1. The summed E-state index contributed by atoms with van der Waals surface area (Å²) in [6.07, 6.45) is 4.41. The largest absolute Gasteiger partial charge is 0.453 e. The molecule has 0 radical (unpaired) electrons. The van der Waals surface area contributed by atoms with Crippen molar-refractivity contribution < 1.29 is 14.6 Å². The predicted molar refractivity (Wildman–Crippen MR) is 131 cm³/mol. The number of methoxy groups -OCH3 is 1. The maximum atomic E-state index is 10.7. The van der Waals surface area contributed by atoms with Gasteiger partial charge in [0.25, 0.3) is 0 Å². The zero-order valence-electron chi connectivity index (χ0n) is 19.3. The van der Waals surface area contributed by atoms with E-state index in [0.29, 0.717) is 22.5 Å². The summed E-state index contributed by atoms with van der Waals surface area (Å²) in [5.74, 6) is 0.494. The smallest absolute Gasteiger partial charge is 0.409 e. The van der Waals surface area contributed by atoms with Gasteiger partial charge in [-0.25, -0.2) is 14.8 Å². The summed E-state index contributed by atoms with van der Waals surface area (Å²) in [6.45, 7) is 8.00. The number of nitrogen functional groups attached to an aromatic ring is 1. The summed E-state index contributed by atoms with van der Waals surface area (Å²) in [7, 11) is 1.42. The molecular weight excluding hydrogens is 451 g/mol. The van der Waals surface area contributed by atoms with E-state index < -0.39 is 0 Å². The van der Waals surface area contributed by atoms with Crippen molar-refractivity contribution in [1.29, 1.82) is 0 Å². The summed E-state index contributed by atoms with van der Waals surface area (Å²) in [6, 6.07) is 5.37. The third-order valence-corrected chi connectivity index (χ3v) is 5.24. The average molecular weight is 485 g/mol.